The average Bonchev–Trinajstić information content (AvgIpc) is 1.37. The molecule has 0 aliphatic carbocycles. The number of halogens is 2. The van der Waals surface area contributed by atoms with E-state index in [1.807, 2.05) is 22.6 Å². The maximum absolute atomic E-state index is 5.00. The molecule has 0 bridgehead atoms. The molecule has 0 N–H and O–H groups in total. The van der Waals surface area contributed by atoms with Gasteiger partial charge in [0.2, 0.25) is 0 Å². The maximum Gasteiger partial charge on any atom is 0.0103 e. The van der Waals surface area contributed by atoms with Crippen molar-refractivity contribution < 1.29 is 0 Å². The lowest BCUT2D eigenvalue weighted by Crippen LogP contribution is -1.09. The van der Waals surface area contributed by atoms with Crippen molar-refractivity contribution >= 4 is 34.2 Å². The fraction of sp³-hybridized carbons (Fsp3) is 0. The molecule has 0 radical (unpaired) electrons. The Bertz CT molecular complexity index is 21.2. The highest BCUT2D eigenvalue weighted by molar-refractivity contribution is 14.1. The highest BCUT2D eigenvalue weighted by Crippen LogP contribution is 1.83. The largest absolute Gasteiger partial charge is 0.0925 e. The lowest BCUT2D eigenvalue weighted by atomic mass is 11.3. The molecule has 0 rings (SSSR count). The molecule has 4 heavy (non-hydrogen) atoms. The second kappa shape index (κ2) is 3.76. The molecule has 2 heteroatoms. The Balaban J connectivity index is 2.55. The van der Waals surface area contributed by atoms with E-state index in [9.17, 15) is 0 Å². The molecule has 0 spiro atoms. The van der Waals surface area contributed by atoms with Gasteiger partial charge in [-0.05, 0) is 4.08 Å². The van der Waals surface area contributed by atoms with Gasteiger partial charge in [0, 0.05) is 5.54 Å². The van der Waals surface area contributed by atoms with Gasteiger partial charge in [0.25, 0.3) is 0 Å². The topological polar surface area (TPSA) is 0 Å². The molecule has 0 amide bonds. The molecule has 24 valence electrons. The van der Waals surface area contributed by atoms with Gasteiger partial charge in [0.1, 0.15) is 0 Å². The minimum Gasteiger partial charge on any atom is -0.0925 e. The Kier molecular flexibility index (Phi) is 4.47. The van der Waals surface area contributed by atoms with Crippen LogP contribution in [0.15, 0.2) is 9.62 Å². The Morgan fingerprint density at radius 3 is 2.00 bits per heavy atom. The summed E-state index contributed by atoms with van der Waals surface area (Å²) >= 11 is 7.04. The van der Waals surface area contributed by atoms with Crippen molar-refractivity contribution in [3.63, 3.8) is 0 Å². The number of rotatable bonds is 0. The van der Waals surface area contributed by atoms with Gasteiger partial charge in [-0.1, -0.05) is 34.2 Å². The van der Waals surface area contributed by atoms with Gasteiger partial charge >= 0.3 is 0 Å². The summed E-state index contributed by atoms with van der Waals surface area (Å²) in [7, 11) is 0. The quantitative estimate of drug-likeness (QED) is 0.511. The molecule has 0 saturated heterocycles. The normalized spacial score (nSPS) is 9.50. The molecule has 0 atom stereocenters. The lowest BCUT2D eigenvalue weighted by Gasteiger charge is -1.44. The molecule has 0 aromatic rings. The van der Waals surface area contributed by atoms with Crippen LogP contribution in [0.3, 0.4) is 0 Å². The van der Waals surface area contributed by atoms with Crippen molar-refractivity contribution in [3.05, 3.63) is 9.62 Å². The Hall–Kier alpha value is 0.760. The van der Waals surface area contributed by atoms with E-state index in [2.05, 4.69) is 0 Å². The third-order valence-electron chi connectivity index (χ3n) is 0.0476. The van der Waals surface area contributed by atoms with Crippen molar-refractivity contribution in [2.24, 2.45) is 0 Å². The molecule has 0 unspecified atom stereocenters. The van der Waals surface area contributed by atoms with Crippen LogP contribution >= 0.6 is 34.2 Å². The van der Waals surface area contributed by atoms with Crippen LogP contribution in [-0.4, -0.2) is 0 Å². The Labute approximate surface area is 44.0 Å². The second-order valence-electron chi connectivity index (χ2n) is 0.252. The molecule has 0 aromatic carbocycles. The summed E-state index contributed by atoms with van der Waals surface area (Å²) in [6, 6.07) is 0. The van der Waals surface area contributed by atoms with Gasteiger partial charge in [-0.3, -0.25) is 0 Å². The number of hydrogen-bond acceptors (Lipinski definition) is 0. The minimum absolute atomic E-state index is 1.46. The minimum atomic E-state index is 1.46. The molecule has 0 aliphatic rings. The smallest absolute Gasteiger partial charge is 0.0103 e. The Morgan fingerprint density at radius 2 is 2.00 bits per heavy atom. The fourth-order valence-corrected chi connectivity index (χ4v) is 0. The summed E-state index contributed by atoms with van der Waals surface area (Å²) in [4.78, 5) is 0. The summed E-state index contributed by atoms with van der Waals surface area (Å²) in [5, 5.41) is 0. The van der Waals surface area contributed by atoms with Crippen LogP contribution in [0.25, 0.3) is 0 Å². The molecule has 0 aromatic heterocycles. The van der Waals surface area contributed by atoms with E-state index in [1.54, 1.807) is 4.08 Å². The van der Waals surface area contributed by atoms with E-state index in [1.165, 1.54) is 5.54 Å². The maximum atomic E-state index is 5.00. The van der Waals surface area contributed by atoms with Gasteiger partial charge in [0.05, 0.1) is 0 Å². The predicted molar refractivity (Wildman–Crippen MR) is 29.0 cm³/mol. The molecule has 0 saturated carbocycles. The van der Waals surface area contributed by atoms with Crippen molar-refractivity contribution in [2.45, 2.75) is 0 Å². The first-order chi connectivity index (χ1) is 1.91. The standard InChI is InChI=1S/C2H2ClI/c3-1-2-4/h1-2H/b2-1-. The van der Waals surface area contributed by atoms with Crippen LogP contribution in [-0.2, 0) is 0 Å². The summed E-state index contributed by atoms with van der Waals surface area (Å²) in [5.41, 5.74) is 1.46. The van der Waals surface area contributed by atoms with E-state index >= 15 is 0 Å². The van der Waals surface area contributed by atoms with Crippen LogP contribution in [0.5, 0.6) is 0 Å². The molecule has 0 fully saturated rings. The summed E-state index contributed by atoms with van der Waals surface area (Å²) in [6.45, 7) is 0. The average molecular weight is 188 g/mol. The SMILES string of the molecule is Cl/C=C\I. The fourth-order valence-electron chi connectivity index (χ4n) is 0. The first kappa shape index (κ1) is 4.76. The molecular weight excluding hydrogens is 186 g/mol. The molecular formula is C2H2ClI. The van der Waals surface area contributed by atoms with Crippen molar-refractivity contribution in [1.82, 2.24) is 0 Å². The van der Waals surface area contributed by atoms with Gasteiger partial charge in [-0.15, -0.1) is 0 Å². The van der Waals surface area contributed by atoms with Gasteiger partial charge < -0.3 is 0 Å². The highest BCUT2D eigenvalue weighted by atomic mass is 127. The summed E-state index contributed by atoms with van der Waals surface area (Å²) in [5.74, 6) is 0. The molecule has 0 aliphatic heterocycles. The first-order valence-electron chi connectivity index (χ1n) is 0.770. The predicted octanol–water partition coefficient (Wildman–Crippen LogP) is 2.13. The van der Waals surface area contributed by atoms with Crippen LogP contribution in [0, 0.1) is 0 Å². The summed E-state index contributed by atoms with van der Waals surface area (Å²) in [6.07, 6.45) is 0. The van der Waals surface area contributed by atoms with Gasteiger partial charge in [-0.2, -0.15) is 0 Å². The van der Waals surface area contributed by atoms with Crippen LogP contribution in [0.2, 0.25) is 0 Å². The summed E-state index contributed by atoms with van der Waals surface area (Å²) < 4.78 is 1.74. The van der Waals surface area contributed by atoms with Crippen LogP contribution in [0.1, 0.15) is 0 Å². The highest BCUT2D eigenvalue weighted by Gasteiger charge is 1.39. The monoisotopic (exact) mass is 188 g/mol. The third kappa shape index (κ3) is 2.76. The van der Waals surface area contributed by atoms with E-state index in [0.717, 1.165) is 0 Å². The van der Waals surface area contributed by atoms with Crippen molar-refractivity contribution in [1.29, 1.82) is 0 Å². The van der Waals surface area contributed by atoms with Crippen molar-refractivity contribution in [3.8, 4) is 0 Å². The number of hydrogen-bond donors (Lipinski definition) is 0. The van der Waals surface area contributed by atoms with Crippen LogP contribution < -0.4 is 0 Å². The van der Waals surface area contributed by atoms with E-state index in [4.69, 9.17) is 11.6 Å². The zero-order chi connectivity index (χ0) is 3.41. The lowest BCUT2D eigenvalue weighted by molar-refractivity contribution is 2.60. The molecule has 0 nitrogen and oxygen atoms in total. The van der Waals surface area contributed by atoms with E-state index < -0.39 is 0 Å². The van der Waals surface area contributed by atoms with Gasteiger partial charge in [-0.25, -0.2) is 0 Å². The van der Waals surface area contributed by atoms with E-state index in [-0.39, 0.29) is 0 Å². The van der Waals surface area contributed by atoms with Crippen LogP contribution in [0.4, 0.5) is 0 Å². The molecule has 0 heterocycles. The zero-order valence-corrected chi connectivity index (χ0v) is 4.82. The van der Waals surface area contributed by atoms with Gasteiger partial charge in [0.15, 0.2) is 0 Å². The zero-order valence-electron chi connectivity index (χ0n) is 1.91. The van der Waals surface area contributed by atoms with Crippen molar-refractivity contribution in [2.75, 3.05) is 0 Å². The Morgan fingerprint density at radius 1 is 1.75 bits per heavy atom. The van der Waals surface area contributed by atoms with E-state index in [0.29, 0.717) is 0 Å². The second-order valence-corrected chi connectivity index (χ2v) is 1.22. The first-order valence-corrected chi connectivity index (χ1v) is 2.45. The third-order valence-corrected chi connectivity index (χ3v) is 0.958.